The fourth-order valence-corrected chi connectivity index (χ4v) is 2.40. The van der Waals surface area contributed by atoms with Crippen LogP contribution in [0.4, 0.5) is 0 Å². The molecule has 1 N–H and O–H groups in total. The Kier molecular flexibility index (Phi) is 5.07. The Hall–Kier alpha value is -1.48. The molecule has 0 fully saturated rings. The first-order valence-corrected chi connectivity index (χ1v) is 7.35. The largest absolute Gasteiger partial charge is 0.496 e. The quantitative estimate of drug-likeness (QED) is 0.808. The maximum atomic E-state index is 5.80. The van der Waals surface area contributed by atoms with Crippen LogP contribution in [0.15, 0.2) is 18.2 Å². The second kappa shape index (κ2) is 6.80. The van der Waals surface area contributed by atoms with Crippen LogP contribution in [-0.4, -0.2) is 26.3 Å². The van der Waals surface area contributed by atoms with E-state index in [1.165, 1.54) is 5.56 Å². The van der Waals surface area contributed by atoms with Crippen LogP contribution in [0, 0.1) is 5.92 Å². The van der Waals surface area contributed by atoms with Crippen molar-refractivity contribution in [3.05, 3.63) is 29.3 Å². The second-order valence-corrected chi connectivity index (χ2v) is 5.79. The molecule has 3 nitrogen and oxygen atoms in total. The van der Waals surface area contributed by atoms with Crippen molar-refractivity contribution in [1.29, 1.82) is 0 Å². The molecule has 0 aliphatic carbocycles. The SMILES string of the molecule is COc1cc2c(cc1/C=C/CNCC(C)C)OC(C)C2. The molecule has 0 saturated heterocycles. The average molecular weight is 275 g/mol. The van der Waals surface area contributed by atoms with Gasteiger partial charge in [-0.05, 0) is 31.5 Å². The van der Waals surface area contributed by atoms with Gasteiger partial charge in [-0.2, -0.15) is 0 Å². The summed E-state index contributed by atoms with van der Waals surface area (Å²) in [5.41, 5.74) is 2.32. The number of hydrogen-bond acceptors (Lipinski definition) is 3. The molecular weight excluding hydrogens is 250 g/mol. The van der Waals surface area contributed by atoms with E-state index in [2.05, 4.69) is 50.4 Å². The van der Waals surface area contributed by atoms with E-state index in [4.69, 9.17) is 9.47 Å². The van der Waals surface area contributed by atoms with E-state index in [0.717, 1.165) is 36.6 Å². The van der Waals surface area contributed by atoms with E-state index >= 15 is 0 Å². The highest BCUT2D eigenvalue weighted by atomic mass is 16.5. The van der Waals surface area contributed by atoms with Gasteiger partial charge in [0.25, 0.3) is 0 Å². The molecule has 1 unspecified atom stereocenters. The van der Waals surface area contributed by atoms with Gasteiger partial charge in [-0.3, -0.25) is 0 Å². The Morgan fingerprint density at radius 3 is 2.95 bits per heavy atom. The lowest BCUT2D eigenvalue weighted by molar-refractivity contribution is 0.254. The van der Waals surface area contributed by atoms with E-state index in [9.17, 15) is 0 Å². The maximum Gasteiger partial charge on any atom is 0.126 e. The number of hydrogen-bond donors (Lipinski definition) is 1. The highest BCUT2D eigenvalue weighted by molar-refractivity contribution is 5.62. The summed E-state index contributed by atoms with van der Waals surface area (Å²) in [5, 5.41) is 3.39. The van der Waals surface area contributed by atoms with Gasteiger partial charge in [0.15, 0.2) is 0 Å². The zero-order chi connectivity index (χ0) is 14.5. The van der Waals surface area contributed by atoms with E-state index in [0.29, 0.717) is 5.92 Å². The third-order valence-electron chi connectivity index (χ3n) is 3.36. The van der Waals surface area contributed by atoms with E-state index in [-0.39, 0.29) is 6.10 Å². The number of ether oxygens (including phenoxy) is 2. The highest BCUT2D eigenvalue weighted by Gasteiger charge is 2.20. The first kappa shape index (κ1) is 14.9. The van der Waals surface area contributed by atoms with Crippen molar-refractivity contribution in [1.82, 2.24) is 5.32 Å². The van der Waals surface area contributed by atoms with Crippen LogP contribution in [0.25, 0.3) is 6.08 Å². The molecule has 0 bridgehead atoms. The van der Waals surface area contributed by atoms with Gasteiger partial charge >= 0.3 is 0 Å². The van der Waals surface area contributed by atoms with Crippen molar-refractivity contribution in [3.8, 4) is 11.5 Å². The Morgan fingerprint density at radius 1 is 1.45 bits per heavy atom. The average Bonchev–Trinajstić information content (AvgIpc) is 2.76. The Labute approximate surface area is 122 Å². The summed E-state index contributed by atoms with van der Waals surface area (Å²) in [6.45, 7) is 8.41. The monoisotopic (exact) mass is 275 g/mol. The summed E-state index contributed by atoms with van der Waals surface area (Å²) in [6.07, 6.45) is 5.46. The molecule has 3 heteroatoms. The molecule has 110 valence electrons. The summed E-state index contributed by atoms with van der Waals surface area (Å²) in [6, 6.07) is 4.18. The lowest BCUT2D eigenvalue weighted by atomic mass is 10.1. The van der Waals surface area contributed by atoms with Crippen LogP contribution >= 0.6 is 0 Å². The molecule has 0 radical (unpaired) electrons. The minimum atomic E-state index is 0.265. The zero-order valence-electron chi connectivity index (χ0n) is 12.9. The van der Waals surface area contributed by atoms with Gasteiger partial charge in [-0.15, -0.1) is 0 Å². The molecule has 1 aliphatic rings. The fourth-order valence-electron chi connectivity index (χ4n) is 2.40. The molecule has 0 aromatic heterocycles. The lowest BCUT2D eigenvalue weighted by Gasteiger charge is -2.08. The number of fused-ring (bicyclic) bond motifs is 1. The fraction of sp³-hybridized carbons (Fsp3) is 0.529. The van der Waals surface area contributed by atoms with Gasteiger partial charge in [0, 0.05) is 24.1 Å². The minimum Gasteiger partial charge on any atom is -0.496 e. The first-order chi connectivity index (χ1) is 9.60. The van der Waals surface area contributed by atoms with Crippen LogP contribution in [0.5, 0.6) is 11.5 Å². The molecule has 0 spiro atoms. The smallest absolute Gasteiger partial charge is 0.126 e. The third kappa shape index (κ3) is 3.76. The van der Waals surface area contributed by atoms with Crippen molar-refractivity contribution in [2.45, 2.75) is 33.3 Å². The summed E-state index contributed by atoms with van der Waals surface area (Å²) in [5.74, 6) is 2.59. The van der Waals surface area contributed by atoms with Gasteiger partial charge in [0.05, 0.1) is 7.11 Å². The van der Waals surface area contributed by atoms with Crippen LogP contribution in [0.1, 0.15) is 31.9 Å². The zero-order valence-corrected chi connectivity index (χ0v) is 12.9. The highest BCUT2D eigenvalue weighted by Crippen LogP contribution is 2.35. The van der Waals surface area contributed by atoms with Gasteiger partial charge in [0.2, 0.25) is 0 Å². The van der Waals surface area contributed by atoms with Crippen LogP contribution in [0.3, 0.4) is 0 Å². The van der Waals surface area contributed by atoms with Crippen LogP contribution in [-0.2, 0) is 6.42 Å². The predicted molar refractivity (Wildman–Crippen MR) is 83.5 cm³/mol. The van der Waals surface area contributed by atoms with Crippen LogP contribution < -0.4 is 14.8 Å². The first-order valence-electron chi connectivity index (χ1n) is 7.35. The summed E-state index contributed by atoms with van der Waals surface area (Å²) >= 11 is 0. The molecule has 1 atom stereocenters. The third-order valence-corrected chi connectivity index (χ3v) is 3.36. The van der Waals surface area contributed by atoms with Crippen molar-refractivity contribution in [2.24, 2.45) is 5.92 Å². The number of rotatable bonds is 6. The molecule has 0 saturated carbocycles. The minimum absolute atomic E-state index is 0.265. The number of benzene rings is 1. The molecular formula is C17H25NO2. The molecule has 1 aliphatic heterocycles. The summed E-state index contributed by atoms with van der Waals surface area (Å²) in [7, 11) is 1.72. The Bertz CT molecular complexity index is 480. The Morgan fingerprint density at radius 2 is 2.25 bits per heavy atom. The second-order valence-electron chi connectivity index (χ2n) is 5.79. The molecule has 1 aromatic carbocycles. The lowest BCUT2D eigenvalue weighted by Crippen LogP contribution is -2.19. The van der Waals surface area contributed by atoms with Crippen molar-refractivity contribution in [3.63, 3.8) is 0 Å². The number of methoxy groups -OCH3 is 1. The Balaban J connectivity index is 2.04. The topological polar surface area (TPSA) is 30.5 Å². The summed E-state index contributed by atoms with van der Waals surface area (Å²) in [4.78, 5) is 0. The molecule has 1 aromatic rings. The molecule has 1 heterocycles. The standard InChI is InChI=1S/C17H25NO2/c1-12(2)11-18-7-5-6-14-9-17-15(8-13(3)20-17)10-16(14)19-4/h5-6,9-10,12-13,18H,7-8,11H2,1-4H3/b6-5+. The van der Waals surface area contributed by atoms with Crippen molar-refractivity contribution in [2.75, 3.05) is 20.2 Å². The maximum absolute atomic E-state index is 5.80. The van der Waals surface area contributed by atoms with E-state index in [1.807, 2.05) is 0 Å². The molecule has 0 amide bonds. The predicted octanol–water partition coefficient (Wildman–Crippen LogP) is 3.28. The van der Waals surface area contributed by atoms with Crippen molar-refractivity contribution < 1.29 is 9.47 Å². The summed E-state index contributed by atoms with van der Waals surface area (Å²) < 4.78 is 11.3. The molecule has 20 heavy (non-hydrogen) atoms. The molecule has 2 rings (SSSR count). The van der Waals surface area contributed by atoms with Gasteiger partial charge in [-0.25, -0.2) is 0 Å². The van der Waals surface area contributed by atoms with Gasteiger partial charge in [-0.1, -0.05) is 26.0 Å². The van der Waals surface area contributed by atoms with Gasteiger partial charge < -0.3 is 14.8 Å². The normalized spacial score (nSPS) is 17.6. The van der Waals surface area contributed by atoms with Crippen LogP contribution in [0.2, 0.25) is 0 Å². The van der Waals surface area contributed by atoms with E-state index < -0.39 is 0 Å². The van der Waals surface area contributed by atoms with E-state index in [1.54, 1.807) is 7.11 Å². The van der Waals surface area contributed by atoms with Crippen molar-refractivity contribution >= 4 is 6.08 Å². The van der Waals surface area contributed by atoms with Gasteiger partial charge in [0.1, 0.15) is 17.6 Å². The number of nitrogens with one attached hydrogen (secondary N) is 1.